The summed E-state index contributed by atoms with van der Waals surface area (Å²) in [6, 6.07) is 1.85. The van der Waals surface area contributed by atoms with Crippen LogP contribution in [0.4, 0.5) is 0 Å². The summed E-state index contributed by atoms with van der Waals surface area (Å²) >= 11 is 1.32. The average molecular weight is 306 g/mol. The number of rotatable bonds is 5. The molecule has 112 valence electrons. The number of amidine groups is 1. The van der Waals surface area contributed by atoms with Crippen molar-refractivity contribution in [3.63, 3.8) is 0 Å². The first kappa shape index (κ1) is 15.3. The summed E-state index contributed by atoms with van der Waals surface area (Å²) in [7, 11) is 0. The van der Waals surface area contributed by atoms with Crippen LogP contribution in [0, 0.1) is 19.3 Å². The second-order valence-electron chi connectivity index (χ2n) is 4.70. The van der Waals surface area contributed by atoms with Gasteiger partial charge in [0.05, 0.1) is 5.56 Å². The number of nitrogen functional groups attached to an aromatic ring is 1. The van der Waals surface area contributed by atoms with Crippen molar-refractivity contribution in [2.24, 2.45) is 5.73 Å². The second-order valence-corrected chi connectivity index (χ2v) is 5.71. The van der Waals surface area contributed by atoms with Gasteiger partial charge in [-0.3, -0.25) is 15.0 Å². The molecule has 0 aliphatic carbocycles. The number of nitrogens with one attached hydrogen (secondary N) is 2. The minimum absolute atomic E-state index is 0.0394. The Bertz CT molecular complexity index is 733. The van der Waals surface area contributed by atoms with E-state index in [1.807, 2.05) is 26.8 Å². The van der Waals surface area contributed by atoms with E-state index in [1.165, 1.54) is 11.8 Å². The van der Waals surface area contributed by atoms with E-state index in [4.69, 9.17) is 11.1 Å². The van der Waals surface area contributed by atoms with Crippen LogP contribution in [0.25, 0.3) is 0 Å². The van der Waals surface area contributed by atoms with E-state index in [9.17, 15) is 4.79 Å². The van der Waals surface area contributed by atoms with Gasteiger partial charge in [0, 0.05) is 22.8 Å². The number of aromatic amines is 1. The number of nitrogens with two attached hydrogens (primary N) is 1. The van der Waals surface area contributed by atoms with Crippen LogP contribution in [0.1, 0.15) is 30.3 Å². The molecule has 0 amide bonds. The van der Waals surface area contributed by atoms with Crippen molar-refractivity contribution >= 4 is 17.6 Å². The highest BCUT2D eigenvalue weighted by molar-refractivity contribution is 7.99. The Morgan fingerprint density at radius 1 is 1.52 bits per heavy atom. The molecular weight excluding hydrogens is 288 g/mol. The number of aryl methyl sites for hydroxylation is 2. The molecule has 0 saturated heterocycles. The fourth-order valence-electron chi connectivity index (χ4n) is 2.10. The fraction of sp³-hybridized carbons (Fsp3) is 0.385. The molecule has 7 nitrogen and oxygen atoms in total. The summed E-state index contributed by atoms with van der Waals surface area (Å²) in [5, 5.41) is 14.8. The van der Waals surface area contributed by atoms with E-state index in [0.717, 1.165) is 17.0 Å². The number of H-pyrrole nitrogens is 1. The molecule has 0 atom stereocenters. The number of hydrogen-bond acceptors (Lipinski definition) is 5. The zero-order chi connectivity index (χ0) is 15.6. The van der Waals surface area contributed by atoms with Gasteiger partial charge in [-0.25, -0.2) is 9.89 Å². The van der Waals surface area contributed by atoms with Crippen molar-refractivity contribution in [3.8, 4) is 0 Å². The lowest BCUT2D eigenvalue weighted by atomic mass is 10.1. The second kappa shape index (κ2) is 6.13. The third kappa shape index (κ3) is 3.15. The first-order chi connectivity index (χ1) is 9.93. The normalized spacial score (nSPS) is 10.8. The molecule has 2 aromatic rings. The van der Waals surface area contributed by atoms with Gasteiger partial charge in [-0.05, 0) is 38.1 Å². The van der Waals surface area contributed by atoms with Crippen molar-refractivity contribution in [2.45, 2.75) is 43.8 Å². The van der Waals surface area contributed by atoms with Gasteiger partial charge in [0.15, 0.2) is 5.16 Å². The predicted octanol–water partition coefficient (Wildman–Crippen LogP) is 1.43. The van der Waals surface area contributed by atoms with Gasteiger partial charge in [0.25, 0.3) is 0 Å². The highest BCUT2D eigenvalue weighted by Gasteiger charge is 2.16. The van der Waals surface area contributed by atoms with E-state index < -0.39 is 0 Å². The molecule has 0 spiro atoms. The smallest absolute Gasteiger partial charge is 0.343 e. The minimum atomic E-state index is -0.230. The lowest BCUT2D eigenvalue weighted by molar-refractivity contribution is 0.604. The van der Waals surface area contributed by atoms with Crippen LogP contribution in [0.2, 0.25) is 0 Å². The Morgan fingerprint density at radius 3 is 2.86 bits per heavy atom. The lowest BCUT2D eigenvalue weighted by Crippen LogP contribution is -2.18. The lowest BCUT2D eigenvalue weighted by Gasteiger charge is -2.11. The zero-order valence-electron chi connectivity index (χ0n) is 12.2. The van der Waals surface area contributed by atoms with Gasteiger partial charge in [0.2, 0.25) is 0 Å². The molecular formula is C13H18N6OS. The summed E-state index contributed by atoms with van der Waals surface area (Å²) in [6.45, 7) is 6.29. The maximum Gasteiger partial charge on any atom is 0.343 e. The Balaban J connectivity index is 2.49. The van der Waals surface area contributed by atoms with Gasteiger partial charge >= 0.3 is 5.69 Å². The van der Waals surface area contributed by atoms with E-state index in [2.05, 4.69) is 15.2 Å². The molecule has 0 saturated carbocycles. The first-order valence-corrected chi connectivity index (χ1v) is 7.41. The predicted molar refractivity (Wildman–Crippen MR) is 82.0 cm³/mol. The quantitative estimate of drug-likeness (QED) is 0.571. The molecule has 0 fully saturated rings. The van der Waals surface area contributed by atoms with E-state index >= 15 is 0 Å². The summed E-state index contributed by atoms with van der Waals surface area (Å²) in [4.78, 5) is 16.8. The summed E-state index contributed by atoms with van der Waals surface area (Å²) in [5.74, 6) is -0.0394. The fourth-order valence-corrected chi connectivity index (χ4v) is 3.26. The summed E-state index contributed by atoms with van der Waals surface area (Å²) in [5.41, 5.74) is 7.54. The molecule has 0 unspecified atom stereocenters. The topological polar surface area (TPSA) is 113 Å². The summed E-state index contributed by atoms with van der Waals surface area (Å²) < 4.78 is 1.58. The molecule has 0 aliphatic rings. The van der Waals surface area contributed by atoms with E-state index in [0.29, 0.717) is 23.0 Å². The van der Waals surface area contributed by atoms with Crippen LogP contribution in [-0.4, -0.2) is 25.6 Å². The van der Waals surface area contributed by atoms with Gasteiger partial charge in [-0.2, -0.15) is 0 Å². The highest BCUT2D eigenvalue weighted by Crippen LogP contribution is 2.30. The molecule has 21 heavy (non-hydrogen) atoms. The molecule has 0 bridgehead atoms. The molecule has 0 aliphatic heterocycles. The molecule has 2 aromatic heterocycles. The molecule has 2 heterocycles. The maximum absolute atomic E-state index is 11.7. The van der Waals surface area contributed by atoms with Crippen molar-refractivity contribution < 1.29 is 0 Å². The van der Waals surface area contributed by atoms with Crippen molar-refractivity contribution in [3.05, 3.63) is 33.5 Å². The Morgan fingerprint density at radius 2 is 2.24 bits per heavy atom. The highest BCUT2D eigenvalue weighted by atomic mass is 32.2. The van der Waals surface area contributed by atoms with Crippen LogP contribution < -0.4 is 11.4 Å². The zero-order valence-corrected chi connectivity index (χ0v) is 13.0. The third-order valence-corrected chi connectivity index (χ3v) is 3.97. The van der Waals surface area contributed by atoms with E-state index in [1.54, 1.807) is 4.57 Å². The van der Waals surface area contributed by atoms with Gasteiger partial charge in [0.1, 0.15) is 5.84 Å². The minimum Gasteiger partial charge on any atom is -0.384 e. The van der Waals surface area contributed by atoms with Crippen molar-refractivity contribution in [1.29, 1.82) is 5.41 Å². The number of pyridine rings is 1. The number of aromatic nitrogens is 4. The third-order valence-electron chi connectivity index (χ3n) is 2.93. The van der Waals surface area contributed by atoms with Gasteiger partial charge in [-0.1, -0.05) is 6.92 Å². The van der Waals surface area contributed by atoms with Crippen molar-refractivity contribution in [2.75, 3.05) is 0 Å². The molecule has 4 N–H and O–H groups in total. The van der Waals surface area contributed by atoms with Crippen LogP contribution in [0.15, 0.2) is 20.9 Å². The van der Waals surface area contributed by atoms with Crippen LogP contribution >= 0.6 is 11.8 Å². The van der Waals surface area contributed by atoms with Gasteiger partial charge in [-0.15, -0.1) is 5.10 Å². The molecule has 0 aromatic carbocycles. The maximum atomic E-state index is 11.7. The van der Waals surface area contributed by atoms with Crippen LogP contribution in [-0.2, 0) is 6.54 Å². The first-order valence-electron chi connectivity index (χ1n) is 6.59. The van der Waals surface area contributed by atoms with E-state index in [-0.39, 0.29) is 11.5 Å². The standard InChI is InChI=1S/C13H18N6OS/c1-4-5-19-12(20)17-18-13(19)21-9-6-7(2)16-8(3)10(9)11(14)15/h6H,4-5H2,1-3H3,(H3,14,15)(H,17,20). The Labute approximate surface area is 126 Å². The van der Waals surface area contributed by atoms with Gasteiger partial charge < -0.3 is 5.73 Å². The van der Waals surface area contributed by atoms with Crippen LogP contribution in [0.5, 0.6) is 0 Å². The van der Waals surface area contributed by atoms with Crippen molar-refractivity contribution in [1.82, 2.24) is 19.7 Å². The number of nitrogens with zero attached hydrogens (tertiary/aromatic N) is 3. The molecule has 0 radical (unpaired) electrons. The molecule has 2 rings (SSSR count). The average Bonchev–Trinajstić information content (AvgIpc) is 2.70. The summed E-state index contributed by atoms with van der Waals surface area (Å²) in [6.07, 6.45) is 0.834. The van der Waals surface area contributed by atoms with Crippen LogP contribution in [0.3, 0.4) is 0 Å². The Hall–Kier alpha value is -2.09. The monoisotopic (exact) mass is 306 g/mol. The Kier molecular flexibility index (Phi) is 4.46. The molecule has 8 heteroatoms. The number of hydrogen-bond donors (Lipinski definition) is 3. The largest absolute Gasteiger partial charge is 0.384 e. The SMILES string of the molecule is CCCn1c(Sc2cc(C)nc(C)c2C(=N)N)n[nH]c1=O.